The van der Waals surface area contributed by atoms with Crippen LogP contribution in [-0.2, 0) is 19.6 Å². The zero-order valence-corrected chi connectivity index (χ0v) is 15.1. The molecule has 0 radical (unpaired) electrons. The molecule has 0 amide bonds. The number of rotatable bonds is 7. The van der Waals surface area contributed by atoms with Gasteiger partial charge in [0.25, 0.3) is 0 Å². The number of aliphatic carboxylic acids is 1. The topological polar surface area (TPSA) is 110 Å². The van der Waals surface area contributed by atoms with Crippen LogP contribution in [0.1, 0.15) is 17.3 Å². The summed E-state index contributed by atoms with van der Waals surface area (Å²) in [5.74, 6) is -3.09. The molecule has 1 aromatic carbocycles. The average molecular weight is 380 g/mol. The van der Waals surface area contributed by atoms with E-state index in [1.807, 2.05) is 0 Å². The number of carbonyl (C=O) groups excluding carboxylic acids is 1. The molecule has 0 aromatic heterocycles. The van der Waals surface area contributed by atoms with Crippen LogP contribution in [0.2, 0.25) is 5.02 Å². The number of nitrogens with zero attached hydrogens (tertiary/aromatic N) is 1. The minimum absolute atomic E-state index is 0.00513. The lowest BCUT2D eigenvalue weighted by atomic mass is 10.2. The third-order valence-electron chi connectivity index (χ3n) is 3.27. The highest BCUT2D eigenvalue weighted by molar-refractivity contribution is 7.89. The Morgan fingerprint density at radius 3 is 2.38 bits per heavy atom. The maximum absolute atomic E-state index is 12.7. The summed E-state index contributed by atoms with van der Waals surface area (Å²) in [4.78, 5) is 22.4. The molecule has 1 atom stereocenters. The van der Waals surface area contributed by atoms with Gasteiger partial charge in [-0.05, 0) is 12.1 Å². The Hall–Kier alpha value is -1.84. The van der Waals surface area contributed by atoms with E-state index in [2.05, 4.69) is 4.74 Å². The van der Waals surface area contributed by atoms with Crippen molar-refractivity contribution >= 4 is 33.6 Å². The average Bonchev–Trinajstić information content (AvgIpc) is 2.52. The van der Waals surface area contributed by atoms with Gasteiger partial charge >= 0.3 is 11.9 Å². The highest BCUT2D eigenvalue weighted by atomic mass is 35.5. The van der Waals surface area contributed by atoms with E-state index < -0.39 is 27.9 Å². The molecule has 10 heteroatoms. The van der Waals surface area contributed by atoms with Crippen LogP contribution in [-0.4, -0.2) is 57.6 Å². The quantitative estimate of drug-likeness (QED) is 0.714. The zero-order chi connectivity index (χ0) is 18.7. The number of carboxylic acid groups (broad SMARTS) is 1. The van der Waals surface area contributed by atoms with Crippen LogP contribution >= 0.6 is 11.6 Å². The second-order valence-corrected chi connectivity index (χ2v) is 7.45. The molecule has 8 nitrogen and oxygen atoms in total. The lowest BCUT2D eigenvalue weighted by Crippen LogP contribution is -2.34. The van der Waals surface area contributed by atoms with Gasteiger partial charge in [-0.3, -0.25) is 4.79 Å². The van der Waals surface area contributed by atoms with E-state index in [1.54, 1.807) is 0 Å². The first kappa shape index (κ1) is 20.2. The van der Waals surface area contributed by atoms with Crippen LogP contribution in [0.5, 0.6) is 5.75 Å². The largest absolute Gasteiger partial charge is 0.494 e. The summed E-state index contributed by atoms with van der Waals surface area (Å²) in [5, 5.41) is 8.93. The molecule has 0 saturated carbocycles. The molecule has 0 aliphatic carbocycles. The summed E-state index contributed by atoms with van der Waals surface area (Å²) >= 11 is 5.91. The van der Waals surface area contributed by atoms with Crippen LogP contribution in [0.25, 0.3) is 0 Å². The molecule has 24 heavy (non-hydrogen) atoms. The number of ether oxygens (including phenoxy) is 2. The van der Waals surface area contributed by atoms with E-state index in [9.17, 15) is 18.0 Å². The van der Waals surface area contributed by atoms with Gasteiger partial charge in [0.2, 0.25) is 10.0 Å². The minimum Gasteiger partial charge on any atom is -0.494 e. The number of carbonyl (C=O) groups is 2. The number of hydrogen-bond acceptors (Lipinski definition) is 6. The van der Waals surface area contributed by atoms with Gasteiger partial charge in [0.05, 0.1) is 20.1 Å². The minimum atomic E-state index is -4.14. The number of hydrogen-bond donors (Lipinski definition) is 1. The summed E-state index contributed by atoms with van der Waals surface area (Å²) < 4.78 is 36.0. The Morgan fingerprint density at radius 2 is 1.92 bits per heavy atom. The van der Waals surface area contributed by atoms with Gasteiger partial charge in [-0.1, -0.05) is 18.5 Å². The summed E-state index contributed by atoms with van der Waals surface area (Å²) in [6.07, 6.45) is 0. The van der Waals surface area contributed by atoms with Gasteiger partial charge in [-0.25, -0.2) is 13.2 Å². The Kier molecular flexibility index (Phi) is 6.58. The molecule has 1 rings (SSSR count). The first-order chi connectivity index (χ1) is 11.1. The van der Waals surface area contributed by atoms with E-state index in [0.29, 0.717) is 0 Å². The molecule has 0 heterocycles. The predicted molar refractivity (Wildman–Crippen MR) is 86.0 cm³/mol. The fraction of sp³-hybridized carbons (Fsp3) is 0.429. The Morgan fingerprint density at radius 1 is 1.33 bits per heavy atom. The monoisotopic (exact) mass is 379 g/mol. The van der Waals surface area contributed by atoms with Crippen LogP contribution in [0.3, 0.4) is 0 Å². The molecule has 0 spiro atoms. The van der Waals surface area contributed by atoms with Crippen LogP contribution in [0.4, 0.5) is 0 Å². The van der Waals surface area contributed by atoms with Crippen molar-refractivity contribution in [3.63, 3.8) is 0 Å². The molecule has 134 valence electrons. The normalized spacial score (nSPS) is 12.8. The smallest absolute Gasteiger partial charge is 0.341 e. The van der Waals surface area contributed by atoms with Crippen molar-refractivity contribution in [3.8, 4) is 5.75 Å². The van der Waals surface area contributed by atoms with Crippen molar-refractivity contribution in [1.82, 2.24) is 4.31 Å². The number of methoxy groups -OCH3 is 2. The van der Waals surface area contributed by atoms with Crippen molar-refractivity contribution in [2.24, 2.45) is 5.92 Å². The fourth-order valence-corrected chi connectivity index (χ4v) is 3.70. The molecule has 1 aromatic rings. The van der Waals surface area contributed by atoms with Crippen LogP contribution in [0.15, 0.2) is 17.0 Å². The van der Waals surface area contributed by atoms with Gasteiger partial charge in [-0.2, -0.15) is 4.31 Å². The first-order valence-corrected chi connectivity index (χ1v) is 8.53. The third kappa shape index (κ3) is 4.16. The van der Waals surface area contributed by atoms with Crippen molar-refractivity contribution in [1.29, 1.82) is 0 Å². The van der Waals surface area contributed by atoms with Crippen LogP contribution in [0, 0.1) is 5.92 Å². The number of esters is 1. The molecule has 0 saturated heterocycles. The number of benzene rings is 1. The molecule has 0 aliphatic rings. The highest BCUT2D eigenvalue weighted by Gasteiger charge is 2.31. The number of sulfonamides is 1. The third-order valence-corrected chi connectivity index (χ3v) is 5.32. The standard InChI is InChI=1S/C14H18ClNO7S/c1-8(13(17)18)7-16(2)24(20,21)11-6-9(15)5-10(12(11)22-3)14(19)23-4/h5-6,8H,7H2,1-4H3,(H,17,18). The van der Waals surface area contributed by atoms with Crippen molar-refractivity contribution in [3.05, 3.63) is 22.7 Å². The molecule has 1 N–H and O–H groups in total. The molecule has 0 bridgehead atoms. The van der Waals surface area contributed by atoms with Gasteiger partial charge in [0, 0.05) is 18.6 Å². The lowest BCUT2D eigenvalue weighted by molar-refractivity contribution is -0.141. The zero-order valence-electron chi connectivity index (χ0n) is 13.6. The molecule has 1 unspecified atom stereocenters. The summed E-state index contributed by atoms with van der Waals surface area (Å²) in [5.41, 5.74) is -0.147. The van der Waals surface area contributed by atoms with E-state index in [1.165, 1.54) is 27.1 Å². The van der Waals surface area contributed by atoms with E-state index >= 15 is 0 Å². The van der Waals surface area contributed by atoms with Crippen molar-refractivity contribution in [2.75, 3.05) is 27.8 Å². The van der Waals surface area contributed by atoms with Gasteiger partial charge in [-0.15, -0.1) is 0 Å². The van der Waals surface area contributed by atoms with Crippen LogP contribution < -0.4 is 4.74 Å². The van der Waals surface area contributed by atoms with Gasteiger partial charge < -0.3 is 14.6 Å². The molecular formula is C14H18ClNO7S. The Bertz CT molecular complexity index is 748. The second-order valence-electron chi connectivity index (χ2n) is 5.00. The summed E-state index contributed by atoms with van der Waals surface area (Å²) in [6, 6.07) is 2.36. The van der Waals surface area contributed by atoms with E-state index in [-0.39, 0.29) is 27.8 Å². The van der Waals surface area contributed by atoms with Crippen molar-refractivity contribution in [2.45, 2.75) is 11.8 Å². The molecular weight excluding hydrogens is 362 g/mol. The Labute approximate surface area is 145 Å². The van der Waals surface area contributed by atoms with E-state index in [4.69, 9.17) is 21.4 Å². The second kappa shape index (κ2) is 7.82. The maximum atomic E-state index is 12.7. The molecule has 0 fully saturated rings. The van der Waals surface area contributed by atoms with Gasteiger partial charge in [0.15, 0.2) is 5.75 Å². The van der Waals surface area contributed by atoms with E-state index in [0.717, 1.165) is 17.5 Å². The van der Waals surface area contributed by atoms with Crippen molar-refractivity contribution < 1.29 is 32.6 Å². The van der Waals surface area contributed by atoms with Gasteiger partial charge in [0.1, 0.15) is 10.5 Å². The number of carboxylic acids is 1. The first-order valence-electron chi connectivity index (χ1n) is 6.71. The SMILES string of the molecule is COC(=O)c1cc(Cl)cc(S(=O)(=O)N(C)CC(C)C(=O)O)c1OC. The maximum Gasteiger partial charge on any atom is 0.341 e. The summed E-state index contributed by atoms with van der Waals surface area (Å²) in [6.45, 7) is 1.12. The fourth-order valence-electron chi connectivity index (χ4n) is 1.96. The highest BCUT2D eigenvalue weighted by Crippen LogP contribution is 2.34. The predicted octanol–water partition coefficient (Wildman–Crippen LogP) is 1.48. The summed E-state index contributed by atoms with van der Waals surface area (Å²) in [7, 11) is -0.576. The number of halogens is 1. The lowest BCUT2D eigenvalue weighted by Gasteiger charge is -2.21. The Balaban J connectivity index is 3.45. The molecule has 0 aliphatic heterocycles.